The molecule has 0 aliphatic carbocycles. The minimum atomic E-state index is -0.0529. The van der Waals surface area contributed by atoms with E-state index >= 15 is 0 Å². The summed E-state index contributed by atoms with van der Waals surface area (Å²) in [7, 11) is 0. The number of nitrogens with two attached hydrogens (primary N) is 1. The van der Waals surface area contributed by atoms with Gasteiger partial charge in [0.1, 0.15) is 11.9 Å². The second-order valence-corrected chi connectivity index (χ2v) is 5.58. The normalized spacial score (nSPS) is 21.2. The van der Waals surface area contributed by atoms with Crippen LogP contribution in [0.3, 0.4) is 0 Å². The molecule has 1 aliphatic heterocycles. The molecule has 0 aromatic heterocycles. The van der Waals surface area contributed by atoms with Crippen LogP contribution in [0.4, 0.5) is 0 Å². The lowest BCUT2D eigenvalue weighted by Crippen LogP contribution is -2.43. The lowest BCUT2D eigenvalue weighted by atomic mass is 9.84. The predicted octanol–water partition coefficient (Wildman–Crippen LogP) is 3.68. The van der Waals surface area contributed by atoms with Gasteiger partial charge < -0.3 is 10.5 Å². The average Bonchev–Trinajstić information content (AvgIpc) is 2.78. The van der Waals surface area contributed by atoms with Crippen LogP contribution < -0.4 is 10.5 Å². The molecule has 0 spiro atoms. The van der Waals surface area contributed by atoms with Crippen LogP contribution in [-0.2, 0) is 6.42 Å². The monoisotopic (exact) mass is 247 g/mol. The van der Waals surface area contributed by atoms with Crippen LogP contribution in [0.1, 0.15) is 51.5 Å². The van der Waals surface area contributed by atoms with Crippen LogP contribution in [0.2, 0.25) is 0 Å². The topological polar surface area (TPSA) is 35.2 Å². The molecule has 0 fully saturated rings. The van der Waals surface area contributed by atoms with Gasteiger partial charge in [-0.15, -0.1) is 0 Å². The predicted molar refractivity (Wildman–Crippen MR) is 75.9 cm³/mol. The van der Waals surface area contributed by atoms with Crippen LogP contribution in [-0.4, -0.2) is 11.6 Å². The molecule has 1 aromatic rings. The summed E-state index contributed by atoms with van der Waals surface area (Å²) in [6, 6.07) is 8.34. The van der Waals surface area contributed by atoms with E-state index in [0.717, 1.165) is 31.4 Å². The summed E-state index contributed by atoms with van der Waals surface area (Å²) < 4.78 is 6.00. The van der Waals surface area contributed by atoms with Crippen molar-refractivity contribution in [3.8, 4) is 5.75 Å². The largest absolute Gasteiger partial charge is 0.490 e. The van der Waals surface area contributed by atoms with Gasteiger partial charge in [-0.05, 0) is 24.5 Å². The van der Waals surface area contributed by atoms with Crippen molar-refractivity contribution in [2.45, 2.75) is 64.0 Å². The van der Waals surface area contributed by atoms with Gasteiger partial charge in [0.25, 0.3) is 0 Å². The number of benzene rings is 1. The summed E-state index contributed by atoms with van der Waals surface area (Å²) >= 11 is 0. The van der Waals surface area contributed by atoms with Gasteiger partial charge in [-0.2, -0.15) is 0 Å². The average molecular weight is 247 g/mol. The first-order chi connectivity index (χ1) is 8.67. The zero-order chi connectivity index (χ0) is 13.0. The first-order valence-corrected chi connectivity index (χ1v) is 7.20. The summed E-state index contributed by atoms with van der Waals surface area (Å²) in [5, 5.41) is 0. The Morgan fingerprint density at radius 1 is 1.33 bits per heavy atom. The molecular weight excluding hydrogens is 222 g/mol. The number of para-hydroxylation sites is 1. The second kappa shape index (κ2) is 5.75. The van der Waals surface area contributed by atoms with E-state index in [9.17, 15) is 0 Å². The molecule has 1 aliphatic rings. The number of ether oxygens (including phenoxy) is 1. The molecule has 0 bridgehead atoms. The molecule has 2 atom stereocenters. The fourth-order valence-electron chi connectivity index (χ4n) is 2.77. The fraction of sp³-hybridized carbons (Fsp3) is 0.625. The maximum atomic E-state index is 6.52. The number of unbranched alkanes of at least 4 members (excludes halogenated alkanes) is 1. The third kappa shape index (κ3) is 3.05. The fourth-order valence-corrected chi connectivity index (χ4v) is 2.77. The minimum absolute atomic E-state index is 0.0529. The van der Waals surface area contributed by atoms with E-state index in [-0.39, 0.29) is 11.6 Å². The van der Waals surface area contributed by atoms with E-state index in [0.29, 0.717) is 0 Å². The summed E-state index contributed by atoms with van der Waals surface area (Å²) in [6.07, 6.45) is 6.82. The van der Waals surface area contributed by atoms with Crippen molar-refractivity contribution in [3.63, 3.8) is 0 Å². The van der Waals surface area contributed by atoms with Crippen molar-refractivity contribution < 1.29 is 4.74 Å². The van der Waals surface area contributed by atoms with Gasteiger partial charge >= 0.3 is 0 Å². The molecule has 18 heavy (non-hydrogen) atoms. The lowest BCUT2D eigenvalue weighted by Gasteiger charge is -2.30. The third-order valence-corrected chi connectivity index (χ3v) is 4.08. The molecule has 1 aromatic carbocycles. The van der Waals surface area contributed by atoms with Gasteiger partial charge in [-0.3, -0.25) is 0 Å². The molecule has 2 heteroatoms. The van der Waals surface area contributed by atoms with Crippen molar-refractivity contribution in [3.05, 3.63) is 29.8 Å². The zero-order valence-corrected chi connectivity index (χ0v) is 11.6. The van der Waals surface area contributed by atoms with Crippen LogP contribution in [0.25, 0.3) is 0 Å². The summed E-state index contributed by atoms with van der Waals surface area (Å²) in [5.41, 5.74) is 7.80. The summed E-state index contributed by atoms with van der Waals surface area (Å²) in [6.45, 7) is 4.41. The Labute approximate surface area is 111 Å². The summed E-state index contributed by atoms with van der Waals surface area (Å²) in [4.78, 5) is 0. The Morgan fingerprint density at radius 2 is 2.11 bits per heavy atom. The van der Waals surface area contributed by atoms with E-state index in [1.807, 2.05) is 6.07 Å². The standard InChI is InChI=1S/C16H25NO/c1-3-5-10-16(17,4-2)12-14-11-13-8-6-7-9-15(13)18-14/h6-9,14H,3-5,10-12,17H2,1-2H3. The third-order valence-electron chi connectivity index (χ3n) is 4.08. The Hall–Kier alpha value is -1.02. The Bertz CT molecular complexity index is 365. The van der Waals surface area contributed by atoms with E-state index in [1.54, 1.807) is 0 Å². The van der Waals surface area contributed by atoms with Crippen LogP contribution in [0.15, 0.2) is 24.3 Å². The lowest BCUT2D eigenvalue weighted by molar-refractivity contribution is 0.169. The molecule has 0 radical (unpaired) electrons. The molecule has 2 N–H and O–H groups in total. The van der Waals surface area contributed by atoms with Gasteiger partial charge in [-0.1, -0.05) is 44.9 Å². The zero-order valence-electron chi connectivity index (χ0n) is 11.6. The molecule has 0 amide bonds. The number of hydrogen-bond donors (Lipinski definition) is 1. The Balaban J connectivity index is 1.95. The van der Waals surface area contributed by atoms with E-state index in [4.69, 9.17) is 10.5 Å². The SMILES string of the molecule is CCCCC(N)(CC)CC1Cc2ccccc2O1. The highest BCUT2D eigenvalue weighted by atomic mass is 16.5. The summed E-state index contributed by atoms with van der Waals surface area (Å²) in [5.74, 6) is 1.05. The van der Waals surface area contributed by atoms with Crippen LogP contribution in [0.5, 0.6) is 5.75 Å². The molecule has 2 nitrogen and oxygen atoms in total. The molecular formula is C16H25NO. The maximum absolute atomic E-state index is 6.52. The first kappa shape index (κ1) is 13.4. The molecule has 1 heterocycles. The Kier molecular flexibility index (Phi) is 4.28. The van der Waals surface area contributed by atoms with Crippen LogP contribution in [0, 0.1) is 0 Å². The Morgan fingerprint density at radius 3 is 2.78 bits per heavy atom. The molecule has 2 unspecified atom stereocenters. The highest BCUT2D eigenvalue weighted by Gasteiger charge is 2.31. The molecule has 100 valence electrons. The number of rotatable bonds is 6. The van der Waals surface area contributed by atoms with Crippen molar-refractivity contribution in [1.82, 2.24) is 0 Å². The van der Waals surface area contributed by atoms with Gasteiger partial charge in [0, 0.05) is 18.4 Å². The number of hydrogen-bond acceptors (Lipinski definition) is 2. The minimum Gasteiger partial charge on any atom is -0.490 e. The first-order valence-electron chi connectivity index (χ1n) is 7.20. The quantitative estimate of drug-likeness (QED) is 0.832. The van der Waals surface area contributed by atoms with Crippen LogP contribution >= 0.6 is 0 Å². The smallest absolute Gasteiger partial charge is 0.123 e. The van der Waals surface area contributed by atoms with Gasteiger partial charge in [-0.25, -0.2) is 0 Å². The van der Waals surface area contributed by atoms with E-state index in [2.05, 4.69) is 32.0 Å². The van der Waals surface area contributed by atoms with Gasteiger partial charge in [0.05, 0.1) is 0 Å². The van der Waals surface area contributed by atoms with E-state index < -0.39 is 0 Å². The van der Waals surface area contributed by atoms with Gasteiger partial charge in [0.15, 0.2) is 0 Å². The second-order valence-electron chi connectivity index (χ2n) is 5.58. The molecule has 0 saturated heterocycles. The van der Waals surface area contributed by atoms with Crippen molar-refractivity contribution >= 4 is 0 Å². The maximum Gasteiger partial charge on any atom is 0.123 e. The van der Waals surface area contributed by atoms with Crippen molar-refractivity contribution in [1.29, 1.82) is 0 Å². The highest BCUT2D eigenvalue weighted by Crippen LogP contribution is 2.33. The molecule has 0 saturated carbocycles. The van der Waals surface area contributed by atoms with Crippen molar-refractivity contribution in [2.75, 3.05) is 0 Å². The molecule has 2 rings (SSSR count). The van der Waals surface area contributed by atoms with Crippen molar-refractivity contribution in [2.24, 2.45) is 5.73 Å². The highest BCUT2D eigenvalue weighted by molar-refractivity contribution is 5.37. The van der Waals surface area contributed by atoms with Gasteiger partial charge in [0.2, 0.25) is 0 Å². The van der Waals surface area contributed by atoms with E-state index in [1.165, 1.54) is 18.4 Å². The number of fused-ring (bicyclic) bond motifs is 1.